The summed E-state index contributed by atoms with van der Waals surface area (Å²) in [6, 6.07) is 4.34. The normalized spacial score (nSPS) is 10.6. The minimum Gasteiger partial charge on any atom is -0.331 e. The summed E-state index contributed by atoms with van der Waals surface area (Å²) in [5.74, 6) is 2.66. The van der Waals surface area contributed by atoms with Crippen LogP contribution in [0, 0.1) is 26.2 Å². The Morgan fingerprint density at radius 1 is 1.31 bits per heavy atom. The molecule has 2 aromatic rings. The fourth-order valence-electron chi connectivity index (χ4n) is 1.84. The molecule has 0 N–H and O–H groups in total. The van der Waals surface area contributed by atoms with Gasteiger partial charge < -0.3 is 4.57 Å². The van der Waals surface area contributed by atoms with Gasteiger partial charge in [-0.2, -0.15) is 0 Å². The van der Waals surface area contributed by atoms with Gasteiger partial charge in [0.1, 0.15) is 0 Å². The number of hydrogen-bond acceptors (Lipinski definition) is 1. The van der Waals surface area contributed by atoms with Crippen molar-refractivity contribution in [2.75, 3.05) is 0 Å². The van der Waals surface area contributed by atoms with Gasteiger partial charge in [-0.25, -0.2) is 4.98 Å². The quantitative estimate of drug-likeness (QED) is 0.564. The molecule has 0 aliphatic heterocycles. The SMILES string of the molecule is C#CCCCn1cnc2cc(C)c(C)cc21. The van der Waals surface area contributed by atoms with E-state index in [9.17, 15) is 0 Å². The second-order valence-corrected chi connectivity index (χ2v) is 4.17. The van der Waals surface area contributed by atoms with Crippen molar-refractivity contribution in [3.8, 4) is 12.3 Å². The van der Waals surface area contributed by atoms with Crippen LogP contribution in [0.25, 0.3) is 11.0 Å². The van der Waals surface area contributed by atoms with Crippen LogP contribution < -0.4 is 0 Å². The van der Waals surface area contributed by atoms with Crippen LogP contribution in [0.3, 0.4) is 0 Å². The van der Waals surface area contributed by atoms with Gasteiger partial charge in [-0.3, -0.25) is 0 Å². The number of aromatic nitrogens is 2. The highest BCUT2D eigenvalue weighted by atomic mass is 15.0. The zero-order valence-corrected chi connectivity index (χ0v) is 9.83. The molecule has 1 aromatic heterocycles. The third-order valence-corrected chi connectivity index (χ3v) is 2.96. The molecule has 0 saturated heterocycles. The Balaban J connectivity index is 2.33. The van der Waals surface area contributed by atoms with Crippen molar-refractivity contribution in [3.63, 3.8) is 0 Å². The van der Waals surface area contributed by atoms with E-state index in [0.717, 1.165) is 24.9 Å². The third-order valence-electron chi connectivity index (χ3n) is 2.96. The molecule has 0 aliphatic rings. The van der Waals surface area contributed by atoms with Crippen molar-refractivity contribution in [1.82, 2.24) is 9.55 Å². The van der Waals surface area contributed by atoms with Gasteiger partial charge >= 0.3 is 0 Å². The lowest BCUT2D eigenvalue weighted by Crippen LogP contribution is -1.96. The monoisotopic (exact) mass is 212 g/mol. The molecule has 0 bridgehead atoms. The van der Waals surface area contributed by atoms with E-state index in [0.29, 0.717) is 0 Å². The summed E-state index contributed by atoms with van der Waals surface area (Å²) in [7, 11) is 0. The Kier molecular flexibility index (Phi) is 2.96. The molecule has 1 aromatic carbocycles. The lowest BCUT2D eigenvalue weighted by Gasteiger charge is -2.04. The lowest BCUT2D eigenvalue weighted by atomic mass is 10.1. The van der Waals surface area contributed by atoms with E-state index in [1.807, 2.05) is 6.33 Å². The number of rotatable bonds is 3. The first-order valence-electron chi connectivity index (χ1n) is 5.58. The number of benzene rings is 1. The predicted molar refractivity (Wildman–Crippen MR) is 67.3 cm³/mol. The molecule has 82 valence electrons. The van der Waals surface area contributed by atoms with Crippen LogP contribution in [0.4, 0.5) is 0 Å². The Bertz CT molecular complexity index is 544. The number of terminal acetylenes is 1. The number of hydrogen-bond donors (Lipinski definition) is 0. The van der Waals surface area contributed by atoms with Crippen LogP contribution in [0.2, 0.25) is 0 Å². The smallest absolute Gasteiger partial charge is 0.0958 e. The molecule has 1 heterocycles. The first-order chi connectivity index (χ1) is 7.72. The number of fused-ring (bicyclic) bond motifs is 1. The average Bonchev–Trinajstić information content (AvgIpc) is 2.63. The van der Waals surface area contributed by atoms with Gasteiger partial charge in [0.15, 0.2) is 0 Å². The highest BCUT2D eigenvalue weighted by Gasteiger charge is 2.04. The Hall–Kier alpha value is -1.75. The first-order valence-corrected chi connectivity index (χ1v) is 5.58. The number of aryl methyl sites for hydroxylation is 3. The fraction of sp³-hybridized carbons (Fsp3) is 0.357. The van der Waals surface area contributed by atoms with Crippen LogP contribution in [0.1, 0.15) is 24.0 Å². The molecule has 0 aliphatic carbocycles. The van der Waals surface area contributed by atoms with Gasteiger partial charge in [0.25, 0.3) is 0 Å². The van der Waals surface area contributed by atoms with Crippen molar-refractivity contribution < 1.29 is 0 Å². The summed E-state index contributed by atoms with van der Waals surface area (Å²) in [6.45, 7) is 5.20. The average molecular weight is 212 g/mol. The second-order valence-electron chi connectivity index (χ2n) is 4.17. The highest BCUT2D eigenvalue weighted by molar-refractivity contribution is 5.77. The number of imidazole rings is 1. The summed E-state index contributed by atoms with van der Waals surface area (Å²) >= 11 is 0. The molecule has 0 saturated carbocycles. The topological polar surface area (TPSA) is 17.8 Å². The van der Waals surface area contributed by atoms with E-state index >= 15 is 0 Å². The van der Waals surface area contributed by atoms with E-state index in [2.05, 4.69) is 41.5 Å². The minimum atomic E-state index is 0.824. The molecular weight excluding hydrogens is 196 g/mol. The van der Waals surface area contributed by atoms with Crippen molar-refractivity contribution in [3.05, 3.63) is 29.6 Å². The van der Waals surface area contributed by atoms with E-state index in [1.54, 1.807) is 0 Å². The van der Waals surface area contributed by atoms with E-state index in [1.165, 1.54) is 16.6 Å². The Morgan fingerprint density at radius 3 is 2.81 bits per heavy atom. The van der Waals surface area contributed by atoms with Gasteiger partial charge in [-0.1, -0.05) is 0 Å². The predicted octanol–water partition coefficient (Wildman–Crippen LogP) is 3.07. The van der Waals surface area contributed by atoms with E-state index in [4.69, 9.17) is 6.42 Å². The van der Waals surface area contributed by atoms with Gasteiger partial charge in [0.05, 0.1) is 17.4 Å². The van der Waals surface area contributed by atoms with Gasteiger partial charge in [0, 0.05) is 13.0 Å². The first kappa shape index (κ1) is 10.8. The zero-order chi connectivity index (χ0) is 11.5. The number of nitrogens with zero attached hydrogens (tertiary/aromatic N) is 2. The maximum atomic E-state index is 5.25. The molecule has 0 radical (unpaired) electrons. The van der Waals surface area contributed by atoms with Gasteiger partial charge in [0.2, 0.25) is 0 Å². The maximum Gasteiger partial charge on any atom is 0.0958 e. The van der Waals surface area contributed by atoms with Gasteiger partial charge in [-0.05, 0) is 43.5 Å². The standard InChI is InChI=1S/C14H16N2/c1-4-5-6-7-16-10-15-13-8-11(2)12(3)9-14(13)16/h1,8-10H,5-7H2,2-3H3. The molecule has 2 heteroatoms. The molecule has 0 spiro atoms. The summed E-state index contributed by atoms with van der Waals surface area (Å²) in [5, 5.41) is 0. The summed E-state index contributed by atoms with van der Waals surface area (Å²) in [4.78, 5) is 4.41. The van der Waals surface area contributed by atoms with Crippen LogP contribution in [0.5, 0.6) is 0 Å². The Labute approximate surface area is 96.3 Å². The highest BCUT2D eigenvalue weighted by Crippen LogP contribution is 2.18. The van der Waals surface area contributed by atoms with Crippen LogP contribution in [0.15, 0.2) is 18.5 Å². The van der Waals surface area contributed by atoms with E-state index < -0.39 is 0 Å². The third kappa shape index (κ3) is 1.94. The molecule has 0 atom stereocenters. The van der Waals surface area contributed by atoms with Crippen LogP contribution >= 0.6 is 0 Å². The molecular formula is C14H16N2. The molecule has 2 nitrogen and oxygen atoms in total. The second kappa shape index (κ2) is 4.40. The molecule has 2 rings (SSSR count). The van der Waals surface area contributed by atoms with Crippen LogP contribution in [-0.4, -0.2) is 9.55 Å². The molecule has 0 unspecified atom stereocenters. The van der Waals surface area contributed by atoms with Crippen molar-refractivity contribution in [1.29, 1.82) is 0 Å². The lowest BCUT2D eigenvalue weighted by molar-refractivity contribution is 0.671. The zero-order valence-electron chi connectivity index (χ0n) is 9.83. The summed E-state index contributed by atoms with van der Waals surface area (Å²) < 4.78 is 2.18. The maximum absolute atomic E-state index is 5.25. The largest absolute Gasteiger partial charge is 0.331 e. The summed E-state index contributed by atoms with van der Waals surface area (Å²) in [6.07, 6.45) is 8.99. The molecule has 16 heavy (non-hydrogen) atoms. The van der Waals surface area contributed by atoms with Crippen molar-refractivity contribution in [2.24, 2.45) is 0 Å². The molecule has 0 amide bonds. The van der Waals surface area contributed by atoms with E-state index in [-0.39, 0.29) is 0 Å². The summed E-state index contributed by atoms with van der Waals surface area (Å²) in [5.41, 5.74) is 4.89. The minimum absolute atomic E-state index is 0.824. The van der Waals surface area contributed by atoms with Crippen LogP contribution in [-0.2, 0) is 6.54 Å². The number of unbranched alkanes of at least 4 members (excludes halogenated alkanes) is 1. The molecule has 0 fully saturated rings. The van der Waals surface area contributed by atoms with Crippen molar-refractivity contribution in [2.45, 2.75) is 33.2 Å². The fourth-order valence-corrected chi connectivity index (χ4v) is 1.84. The Morgan fingerprint density at radius 2 is 2.06 bits per heavy atom. The van der Waals surface area contributed by atoms with Gasteiger partial charge in [-0.15, -0.1) is 12.3 Å². The van der Waals surface area contributed by atoms with Crippen molar-refractivity contribution >= 4 is 11.0 Å².